The van der Waals surface area contributed by atoms with Crippen molar-refractivity contribution in [1.82, 2.24) is 0 Å². The van der Waals surface area contributed by atoms with Gasteiger partial charge in [-0.15, -0.1) is 12.6 Å². The summed E-state index contributed by atoms with van der Waals surface area (Å²) < 4.78 is 0. The first-order valence-corrected chi connectivity index (χ1v) is 6.49. The highest BCUT2D eigenvalue weighted by molar-refractivity contribution is 7.80. The van der Waals surface area contributed by atoms with E-state index in [1.54, 1.807) is 0 Å². The number of hydrogen-bond acceptors (Lipinski definition) is 1. The Morgan fingerprint density at radius 2 is 1.20 bits per heavy atom. The summed E-state index contributed by atoms with van der Waals surface area (Å²) in [4.78, 5) is 1.25. The molecular weight excluding hydrogens is 200 g/mol. The average Bonchev–Trinajstić information content (AvgIpc) is 2.27. The Morgan fingerprint density at radius 3 is 1.47 bits per heavy atom. The largest absolute Gasteiger partial charge is 0.143 e. The zero-order chi connectivity index (χ0) is 11.4. The van der Waals surface area contributed by atoms with Crippen molar-refractivity contribution in [3.63, 3.8) is 0 Å². The smallest absolute Gasteiger partial charge is 0.0109 e. The summed E-state index contributed by atoms with van der Waals surface area (Å²) in [5.74, 6) is 0. The molecule has 0 aliphatic rings. The Kier molecular flexibility index (Phi) is 4.72. The molecule has 0 unspecified atom stereocenters. The summed E-state index contributed by atoms with van der Waals surface area (Å²) in [5.41, 5.74) is 5.87. The van der Waals surface area contributed by atoms with Crippen molar-refractivity contribution in [2.45, 2.75) is 58.3 Å². The molecule has 0 fully saturated rings. The van der Waals surface area contributed by atoms with Crippen molar-refractivity contribution in [2.24, 2.45) is 0 Å². The van der Waals surface area contributed by atoms with E-state index >= 15 is 0 Å². The maximum atomic E-state index is 4.72. The summed E-state index contributed by atoms with van der Waals surface area (Å²) in [6.45, 7) is 8.90. The van der Waals surface area contributed by atoms with Crippen LogP contribution in [0.3, 0.4) is 0 Å². The molecule has 15 heavy (non-hydrogen) atoms. The standard InChI is InChI=1S/C14H22S/c1-5-10-9-11(6-2)13(8-4)14(15)12(10)7-3/h9,15H,5-8H2,1-4H3. The lowest BCUT2D eigenvalue weighted by atomic mass is 9.93. The highest BCUT2D eigenvalue weighted by Gasteiger charge is 2.11. The second-order valence-electron chi connectivity index (χ2n) is 3.91. The molecule has 1 heteroatoms. The third kappa shape index (κ3) is 2.39. The van der Waals surface area contributed by atoms with Crippen LogP contribution in [0.2, 0.25) is 0 Å². The van der Waals surface area contributed by atoms with Crippen LogP contribution >= 0.6 is 12.6 Å². The van der Waals surface area contributed by atoms with Crippen LogP contribution in [0.25, 0.3) is 0 Å². The third-order valence-electron chi connectivity index (χ3n) is 3.16. The fraction of sp³-hybridized carbons (Fsp3) is 0.571. The average molecular weight is 222 g/mol. The predicted molar refractivity (Wildman–Crippen MR) is 71.2 cm³/mol. The van der Waals surface area contributed by atoms with Gasteiger partial charge in [0.15, 0.2) is 0 Å². The second-order valence-corrected chi connectivity index (χ2v) is 4.36. The Balaban J connectivity index is 3.41. The van der Waals surface area contributed by atoms with Crippen LogP contribution in [-0.2, 0) is 25.7 Å². The topological polar surface area (TPSA) is 0 Å². The van der Waals surface area contributed by atoms with E-state index < -0.39 is 0 Å². The van der Waals surface area contributed by atoms with Crippen molar-refractivity contribution in [1.29, 1.82) is 0 Å². The summed E-state index contributed by atoms with van der Waals surface area (Å²) >= 11 is 4.72. The van der Waals surface area contributed by atoms with E-state index in [1.807, 2.05) is 0 Å². The number of thiol groups is 1. The van der Waals surface area contributed by atoms with Gasteiger partial charge in [-0.1, -0.05) is 33.8 Å². The molecular formula is C14H22S. The molecule has 0 nitrogen and oxygen atoms in total. The second kappa shape index (κ2) is 5.60. The molecule has 0 aliphatic heterocycles. The van der Waals surface area contributed by atoms with Crippen molar-refractivity contribution in [3.05, 3.63) is 28.3 Å². The summed E-state index contributed by atoms with van der Waals surface area (Å²) in [6, 6.07) is 2.39. The zero-order valence-corrected chi connectivity index (χ0v) is 11.2. The van der Waals surface area contributed by atoms with Crippen molar-refractivity contribution in [2.75, 3.05) is 0 Å². The van der Waals surface area contributed by atoms with E-state index in [0.29, 0.717) is 0 Å². The van der Waals surface area contributed by atoms with Crippen LogP contribution in [0.1, 0.15) is 49.9 Å². The molecule has 0 aromatic heterocycles. The van der Waals surface area contributed by atoms with Gasteiger partial charge in [-0.25, -0.2) is 0 Å². The highest BCUT2D eigenvalue weighted by Crippen LogP contribution is 2.28. The van der Waals surface area contributed by atoms with Gasteiger partial charge in [-0.3, -0.25) is 0 Å². The summed E-state index contributed by atoms with van der Waals surface area (Å²) in [6.07, 6.45) is 4.43. The highest BCUT2D eigenvalue weighted by atomic mass is 32.1. The molecule has 0 atom stereocenters. The normalized spacial score (nSPS) is 10.7. The lowest BCUT2D eigenvalue weighted by molar-refractivity contribution is 0.922. The van der Waals surface area contributed by atoms with Crippen LogP contribution in [0.15, 0.2) is 11.0 Å². The Morgan fingerprint density at radius 1 is 0.800 bits per heavy atom. The van der Waals surface area contributed by atoms with E-state index in [2.05, 4.69) is 33.8 Å². The van der Waals surface area contributed by atoms with Crippen molar-refractivity contribution in [3.8, 4) is 0 Å². The molecule has 1 rings (SSSR count). The van der Waals surface area contributed by atoms with Gasteiger partial charge in [-0.05, 0) is 47.9 Å². The van der Waals surface area contributed by atoms with E-state index in [9.17, 15) is 0 Å². The molecule has 0 radical (unpaired) electrons. The fourth-order valence-electron chi connectivity index (χ4n) is 2.29. The molecule has 0 saturated heterocycles. The molecule has 1 aromatic carbocycles. The molecule has 0 aliphatic carbocycles. The minimum atomic E-state index is 1.10. The Hall–Kier alpha value is -0.430. The van der Waals surface area contributed by atoms with Crippen LogP contribution in [-0.4, -0.2) is 0 Å². The minimum absolute atomic E-state index is 1.10. The number of hydrogen-bond donors (Lipinski definition) is 1. The summed E-state index contributed by atoms with van der Waals surface area (Å²) in [7, 11) is 0. The molecule has 0 saturated carbocycles. The van der Waals surface area contributed by atoms with Crippen LogP contribution in [0.5, 0.6) is 0 Å². The molecule has 84 valence electrons. The Labute approximate surface area is 99.5 Å². The predicted octanol–water partition coefficient (Wildman–Crippen LogP) is 4.22. The van der Waals surface area contributed by atoms with Gasteiger partial charge in [0, 0.05) is 4.90 Å². The monoisotopic (exact) mass is 222 g/mol. The zero-order valence-electron chi connectivity index (χ0n) is 10.4. The Bertz CT molecular complexity index is 309. The quantitative estimate of drug-likeness (QED) is 0.724. The molecule has 1 aromatic rings. The van der Waals surface area contributed by atoms with Crippen LogP contribution in [0.4, 0.5) is 0 Å². The maximum Gasteiger partial charge on any atom is 0.0109 e. The van der Waals surface area contributed by atoms with Gasteiger partial charge >= 0.3 is 0 Å². The summed E-state index contributed by atoms with van der Waals surface area (Å²) in [5, 5.41) is 0. The molecule has 0 N–H and O–H groups in total. The van der Waals surface area contributed by atoms with Crippen LogP contribution < -0.4 is 0 Å². The molecule has 0 bridgehead atoms. The maximum absolute atomic E-state index is 4.72. The fourth-order valence-corrected chi connectivity index (χ4v) is 2.89. The van der Waals surface area contributed by atoms with Crippen molar-refractivity contribution >= 4 is 12.6 Å². The van der Waals surface area contributed by atoms with Gasteiger partial charge in [-0.2, -0.15) is 0 Å². The number of aryl methyl sites for hydroxylation is 2. The minimum Gasteiger partial charge on any atom is -0.143 e. The van der Waals surface area contributed by atoms with Crippen LogP contribution in [0, 0.1) is 0 Å². The SMILES string of the molecule is CCc1cc(CC)c(CC)c(S)c1CC. The van der Waals surface area contributed by atoms with E-state index in [4.69, 9.17) is 12.6 Å². The molecule has 0 spiro atoms. The van der Waals surface area contributed by atoms with E-state index in [-0.39, 0.29) is 0 Å². The van der Waals surface area contributed by atoms with Gasteiger partial charge in [0.05, 0.1) is 0 Å². The first-order valence-electron chi connectivity index (χ1n) is 6.04. The first-order chi connectivity index (χ1) is 7.19. The lowest BCUT2D eigenvalue weighted by Crippen LogP contribution is -2.02. The molecule has 0 heterocycles. The van der Waals surface area contributed by atoms with Gasteiger partial charge in [0.25, 0.3) is 0 Å². The van der Waals surface area contributed by atoms with Gasteiger partial charge in [0.1, 0.15) is 0 Å². The number of rotatable bonds is 4. The van der Waals surface area contributed by atoms with E-state index in [1.165, 1.54) is 27.1 Å². The number of benzene rings is 1. The van der Waals surface area contributed by atoms with Crippen molar-refractivity contribution < 1.29 is 0 Å². The first kappa shape index (κ1) is 12.6. The third-order valence-corrected chi connectivity index (χ3v) is 3.70. The molecule has 0 amide bonds. The van der Waals surface area contributed by atoms with Gasteiger partial charge in [0.2, 0.25) is 0 Å². The lowest BCUT2D eigenvalue weighted by Gasteiger charge is -2.17. The van der Waals surface area contributed by atoms with Gasteiger partial charge < -0.3 is 0 Å². The van der Waals surface area contributed by atoms with E-state index in [0.717, 1.165) is 25.7 Å².